The van der Waals surface area contributed by atoms with E-state index in [1.165, 1.54) is 5.32 Å². The Hall–Kier alpha value is -2.79. The molecule has 1 saturated carbocycles. The van der Waals surface area contributed by atoms with Gasteiger partial charge >= 0.3 is 18.4 Å². The Kier molecular flexibility index (Phi) is 5.94. The van der Waals surface area contributed by atoms with Crippen LogP contribution in [0.4, 0.5) is 31.1 Å². The van der Waals surface area contributed by atoms with Crippen molar-refractivity contribution < 1.29 is 40.7 Å². The molecule has 6 nitrogen and oxygen atoms in total. The molecule has 0 aromatic heterocycles. The summed E-state index contributed by atoms with van der Waals surface area (Å²) in [5.74, 6) is -3.52. The van der Waals surface area contributed by atoms with Crippen molar-refractivity contribution in [3.63, 3.8) is 0 Å². The summed E-state index contributed by atoms with van der Waals surface area (Å²) in [6.45, 7) is 3.59. The highest BCUT2D eigenvalue weighted by atomic mass is 19.4. The number of carbonyl (C=O) groups excluding carboxylic acids is 3. The number of benzene rings is 1. The van der Waals surface area contributed by atoms with Crippen molar-refractivity contribution in [3.8, 4) is 0 Å². The number of nitrogens with zero attached hydrogens (tertiary/aromatic N) is 1. The molecule has 32 heavy (non-hydrogen) atoms. The van der Waals surface area contributed by atoms with E-state index in [4.69, 9.17) is 0 Å². The SMILES string of the molecule is C[C@H]1[C@H](C)CCC[C@@H]1N1C(=O)N[C@](NC(=O)c2cccc(C(F)(F)F)c2)(C(F)(F)F)C1=O. The van der Waals surface area contributed by atoms with Crippen LogP contribution in [0.15, 0.2) is 24.3 Å². The fourth-order valence-corrected chi connectivity index (χ4v) is 4.19. The second-order valence-electron chi connectivity index (χ2n) is 8.22. The van der Waals surface area contributed by atoms with Gasteiger partial charge in [0, 0.05) is 11.6 Å². The van der Waals surface area contributed by atoms with Gasteiger partial charge in [-0.2, -0.15) is 26.3 Å². The lowest BCUT2D eigenvalue weighted by Gasteiger charge is -2.38. The van der Waals surface area contributed by atoms with Crippen molar-refractivity contribution in [1.82, 2.24) is 15.5 Å². The molecule has 1 saturated heterocycles. The van der Waals surface area contributed by atoms with E-state index in [0.717, 1.165) is 18.6 Å². The Labute approximate surface area is 179 Å². The summed E-state index contributed by atoms with van der Waals surface area (Å²) in [7, 11) is 0. The van der Waals surface area contributed by atoms with Gasteiger partial charge in [0.25, 0.3) is 17.5 Å². The summed E-state index contributed by atoms with van der Waals surface area (Å²) in [4.78, 5) is 38.4. The van der Waals surface area contributed by atoms with Crippen molar-refractivity contribution in [1.29, 1.82) is 0 Å². The van der Waals surface area contributed by atoms with Crippen LogP contribution in [0, 0.1) is 11.8 Å². The zero-order chi connectivity index (χ0) is 24.1. The number of rotatable bonds is 3. The first-order chi connectivity index (χ1) is 14.7. The molecule has 12 heteroatoms. The number of amides is 4. The van der Waals surface area contributed by atoms with Gasteiger partial charge in [0.15, 0.2) is 0 Å². The van der Waals surface area contributed by atoms with Crippen molar-refractivity contribution in [2.24, 2.45) is 11.8 Å². The van der Waals surface area contributed by atoms with E-state index in [0.29, 0.717) is 29.9 Å². The number of urea groups is 1. The number of imide groups is 1. The van der Waals surface area contributed by atoms with Gasteiger partial charge in [0.2, 0.25) is 0 Å². The van der Waals surface area contributed by atoms with Gasteiger partial charge in [-0.3, -0.25) is 19.8 Å². The number of nitrogens with one attached hydrogen (secondary N) is 2. The minimum Gasteiger partial charge on any atom is -0.314 e. The van der Waals surface area contributed by atoms with Crippen LogP contribution in [0.2, 0.25) is 0 Å². The highest BCUT2D eigenvalue weighted by molar-refractivity contribution is 6.10. The monoisotopic (exact) mass is 465 g/mol. The molecule has 0 radical (unpaired) electrons. The maximum atomic E-state index is 14.0. The highest BCUT2D eigenvalue weighted by Gasteiger charge is 2.70. The standard InChI is InChI=1S/C20H21F6N3O3/c1-10-5-3-8-14(11(10)2)29-16(31)18(20(24,25)26,28-17(29)32)27-15(30)12-6-4-7-13(9-12)19(21,22)23/h4,6-7,9-11,14H,3,5,8H2,1-2H3,(H,27,30)(H,28,32)/t10-,11+,14+,18+/m1/s1. The first kappa shape index (κ1) is 23.9. The molecule has 176 valence electrons. The van der Waals surface area contributed by atoms with Crippen molar-refractivity contribution in [2.75, 3.05) is 0 Å². The first-order valence-corrected chi connectivity index (χ1v) is 9.91. The molecule has 0 unspecified atom stereocenters. The van der Waals surface area contributed by atoms with E-state index in [1.807, 2.05) is 6.92 Å². The van der Waals surface area contributed by atoms with E-state index >= 15 is 0 Å². The third-order valence-electron chi connectivity index (χ3n) is 6.23. The minimum atomic E-state index is -5.45. The van der Waals surface area contributed by atoms with E-state index in [9.17, 15) is 40.7 Å². The smallest absolute Gasteiger partial charge is 0.314 e. The quantitative estimate of drug-likeness (QED) is 0.522. The molecule has 3 rings (SSSR count). The van der Waals surface area contributed by atoms with E-state index in [1.54, 1.807) is 12.2 Å². The Morgan fingerprint density at radius 1 is 1.12 bits per heavy atom. The molecule has 2 aliphatic rings. The van der Waals surface area contributed by atoms with Gasteiger partial charge in [-0.15, -0.1) is 0 Å². The molecule has 1 aliphatic carbocycles. The maximum Gasteiger partial charge on any atom is 0.440 e. The van der Waals surface area contributed by atoms with Gasteiger partial charge in [-0.25, -0.2) is 4.79 Å². The third-order valence-corrected chi connectivity index (χ3v) is 6.23. The Morgan fingerprint density at radius 2 is 1.78 bits per heavy atom. The largest absolute Gasteiger partial charge is 0.440 e. The summed E-state index contributed by atoms with van der Waals surface area (Å²) in [5.41, 5.74) is -5.78. The van der Waals surface area contributed by atoms with Crippen LogP contribution in [-0.4, -0.2) is 40.6 Å². The fourth-order valence-electron chi connectivity index (χ4n) is 4.19. The van der Waals surface area contributed by atoms with Crippen LogP contribution < -0.4 is 10.6 Å². The van der Waals surface area contributed by atoms with Crippen LogP contribution in [0.3, 0.4) is 0 Å². The zero-order valence-electron chi connectivity index (χ0n) is 17.1. The molecule has 1 aromatic rings. The topological polar surface area (TPSA) is 78.5 Å². The Balaban J connectivity index is 1.95. The zero-order valence-corrected chi connectivity index (χ0v) is 17.1. The normalized spacial score (nSPS) is 29.1. The molecule has 2 fully saturated rings. The average Bonchev–Trinajstić information content (AvgIpc) is 2.94. The predicted molar refractivity (Wildman–Crippen MR) is 99.0 cm³/mol. The predicted octanol–water partition coefficient (Wildman–Crippen LogP) is 4.07. The van der Waals surface area contributed by atoms with Crippen molar-refractivity contribution in [3.05, 3.63) is 35.4 Å². The lowest BCUT2D eigenvalue weighted by atomic mass is 9.77. The molecule has 1 aromatic carbocycles. The molecule has 0 spiro atoms. The van der Waals surface area contributed by atoms with Gasteiger partial charge in [0.1, 0.15) is 0 Å². The fraction of sp³-hybridized carbons (Fsp3) is 0.550. The average molecular weight is 465 g/mol. The molecule has 1 aliphatic heterocycles. The first-order valence-electron chi connectivity index (χ1n) is 9.91. The molecule has 0 bridgehead atoms. The van der Waals surface area contributed by atoms with Crippen LogP contribution in [0.25, 0.3) is 0 Å². The number of alkyl halides is 6. The summed E-state index contributed by atoms with van der Waals surface area (Å²) in [6.07, 6.45) is -8.59. The molecular formula is C20H21F6N3O3. The Bertz CT molecular complexity index is 932. The number of carbonyl (C=O) groups is 3. The van der Waals surface area contributed by atoms with Crippen molar-refractivity contribution >= 4 is 17.8 Å². The Morgan fingerprint density at radius 3 is 2.38 bits per heavy atom. The van der Waals surface area contributed by atoms with Gasteiger partial charge < -0.3 is 5.32 Å². The second kappa shape index (κ2) is 7.96. The summed E-state index contributed by atoms with van der Waals surface area (Å²) >= 11 is 0. The third kappa shape index (κ3) is 4.02. The molecule has 1 heterocycles. The minimum absolute atomic E-state index is 0.0509. The maximum absolute atomic E-state index is 14.0. The number of hydrogen-bond acceptors (Lipinski definition) is 3. The molecule has 2 N–H and O–H groups in total. The number of hydrogen-bond donors (Lipinski definition) is 2. The lowest BCUT2D eigenvalue weighted by Crippen LogP contribution is -2.69. The van der Waals surface area contributed by atoms with Gasteiger partial charge in [0.05, 0.1) is 5.56 Å². The summed E-state index contributed by atoms with van der Waals surface area (Å²) < 4.78 is 80.9. The van der Waals surface area contributed by atoms with Gasteiger partial charge in [-0.1, -0.05) is 32.8 Å². The van der Waals surface area contributed by atoms with E-state index in [-0.39, 0.29) is 11.8 Å². The van der Waals surface area contributed by atoms with Crippen molar-refractivity contribution in [2.45, 2.75) is 57.2 Å². The molecular weight excluding hydrogens is 444 g/mol. The van der Waals surface area contributed by atoms with Crippen LogP contribution >= 0.6 is 0 Å². The highest BCUT2D eigenvalue weighted by Crippen LogP contribution is 2.40. The molecule has 4 amide bonds. The molecule has 4 atom stereocenters. The van der Waals surface area contributed by atoms with E-state index in [2.05, 4.69) is 0 Å². The summed E-state index contributed by atoms with van der Waals surface area (Å²) in [6, 6.07) is 0.613. The van der Waals surface area contributed by atoms with E-state index < -0.39 is 53.0 Å². The lowest BCUT2D eigenvalue weighted by molar-refractivity contribution is -0.201. The van der Waals surface area contributed by atoms with Crippen LogP contribution in [-0.2, 0) is 11.0 Å². The second-order valence-corrected chi connectivity index (χ2v) is 8.22. The van der Waals surface area contributed by atoms with Crippen LogP contribution in [0.1, 0.15) is 49.0 Å². The summed E-state index contributed by atoms with van der Waals surface area (Å²) in [5, 5.41) is 2.99. The number of halogens is 6. The van der Waals surface area contributed by atoms with Gasteiger partial charge in [-0.05, 0) is 36.5 Å². The van der Waals surface area contributed by atoms with Crippen LogP contribution in [0.5, 0.6) is 0 Å².